The van der Waals surface area contributed by atoms with Gasteiger partial charge in [0.15, 0.2) is 0 Å². The maximum Gasteiger partial charge on any atom is 0.224 e. The van der Waals surface area contributed by atoms with Crippen molar-refractivity contribution >= 4 is 11.8 Å². The highest BCUT2D eigenvalue weighted by atomic mass is 15.4. The van der Waals surface area contributed by atoms with E-state index in [1.165, 1.54) is 18.4 Å². The van der Waals surface area contributed by atoms with Gasteiger partial charge in [-0.3, -0.25) is 10.9 Å². The Bertz CT molecular complexity index is 734. The Morgan fingerprint density at radius 3 is 2.85 bits per heavy atom. The van der Waals surface area contributed by atoms with Gasteiger partial charge in [-0.2, -0.15) is 4.98 Å². The van der Waals surface area contributed by atoms with Crippen LogP contribution in [0, 0.1) is 12.8 Å². The van der Waals surface area contributed by atoms with Gasteiger partial charge < -0.3 is 10.2 Å². The molecule has 1 aromatic carbocycles. The average Bonchev–Trinajstić information content (AvgIpc) is 3.18. The van der Waals surface area contributed by atoms with Crippen LogP contribution in [0.25, 0.3) is 0 Å². The molecule has 3 atom stereocenters. The number of hydrazine groups is 1. The zero-order chi connectivity index (χ0) is 17.9. The van der Waals surface area contributed by atoms with Crippen molar-refractivity contribution in [2.45, 2.75) is 31.7 Å². The Labute approximate surface area is 155 Å². The van der Waals surface area contributed by atoms with E-state index >= 15 is 0 Å². The molecule has 2 aromatic rings. The standard InChI is InChI=1S/C20H28N6/c1-14-11-18(24-20(21-2)23-14)26-10-6-9-16(13-26)19-17(12-22-25-19)15-7-4-3-5-8-15/h3-5,7-8,11,16-17,19,22,25H,6,9-10,12-13H2,1-2H3,(H,21,23,24). The van der Waals surface area contributed by atoms with Gasteiger partial charge in [0.2, 0.25) is 5.95 Å². The third-order valence-corrected chi connectivity index (χ3v) is 5.61. The SMILES string of the molecule is CNc1nc(C)cc(N2CCCC(C3NNCC3c3ccccc3)C2)n1. The molecule has 0 bridgehead atoms. The maximum absolute atomic E-state index is 4.68. The third-order valence-electron chi connectivity index (χ3n) is 5.61. The minimum Gasteiger partial charge on any atom is -0.357 e. The number of piperidine rings is 1. The van der Waals surface area contributed by atoms with Crippen molar-refractivity contribution in [3.63, 3.8) is 0 Å². The largest absolute Gasteiger partial charge is 0.357 e. The van der Waals surface area contributed by atoms with E-state index in [1.54, 1.807) is 0 Å². The predicted molar refractivity (Wildman–Crippen MR) is 105 cm³/mol. The van der Waals surface area contributed by atoms with Crippen LogP contribution in [-0.4, -0.2) is 42.7 Å². The Morgan fingerprint density at radius 1 is 1.19 bits per heavy atom. The summed E-state index contributed by atoms with van der Waals surface area (Å²) in [6, 6.07) is 13.4. The molecule has 0 aliphatic carbocycles. The summed E-state index contributed by atoms with van der Waals surface area (Å²) in [7, 11) is 1.87. The summed E-state index contributed by atoms with van der Waals surface area (Å²) in [5, 5.41) is 3.07. The van der Waals surface area contributed by atoms with Gasteiger partial charge in [-0.15, -0.1) is 0 Å². The number of nitrogens with one attached hydrogen (secondary N) is 3. The molecule has 0 amide bonds. The number of anilines is 2. The Kier molecular flexibility index (Phi) is 5.04. The van der Waals surface area contributed by atoms with Crippen molar-refractivity contribution in [3.05, 3.63) is 47.7 Å². The van der Waals surface area contributed by atoms with E-state index in [9.17, 15) is 0 Å². The lowest BCUT2D eigenvalue weighted by atomic mass is 9.81. The third kappa shape index (κ3) is 3.52. The molecule has 4 rings (SSSR count). The lowest BCUT2D eigenvalue weighted by molar-refractivity contribution is 0.304. The van der Waals surface area contributed by atoms with Gasteiger partial charge in [0.05, 0.1) is 0 Å². The van der Waals surface area contributed by atoms with Crippen LogP contribution in [0.15, 0.2) is 36.4 Å². The summed E-state index contributed by atoms with van der Waals surface area (Å²) in [5.41, 5.74) is 9.38. The maximum atomic E-state index is 4.68. The van der Waals surface area contributed by atoms with Gasteiger partial charge in [-0.05, 0) is 31.2 Å². The zero-order valence-electron chi connectivity index (χ0n) is 15.6. The smallest absolute Gasteiger partial charge is 0.224 e. The first-order valence-electron chi connectivity index (χ1n) is 9.56. The van der Waals surface area contributed by atoms with Crippen molar-refractivity contribution in [2.24, 2.45) is 5.92 Å². The quantitative estimate of drug-likeness (QED) is 0.785. The van der Waals surface area contributed by atoms with E-state index in [0.717, 1.165) is 31.1 Å². The van der Waals surface area contributed by atoms with Gasteiger partial charge >= 0.3 is 0 Å². The first-order valence-corrected chi connectivity index (χ1v) is 9.56. The van der Waals surface area contributed by atoms with Crippen LogP contribution in [0.3, 0.4) is 0 Å². The summed E-state index contributed by atoms with van der Waals surface area (Å²) >= 11 is 0. The van der Waals surface area contributed by atoms with Crippen molar-refractivity contribution in [1.29, 1.82) is 0 Å². The minimum atomic E-state index is 0.451. The highest BCUT2D eigenvalue weighted by Gasteiger charge is 2.36. The number of hydrogen-bond acceptors (Lipinski definition) is 6. The zero-order valence-corrected chi connectivity index (χ0v) is 15.6. The summed E-state index contributed by atoms with van der Waals surface area (Å²) in [5.74, 6) is 2.84. The number of aryl methyl sites for hydroxylation is 1. The molecule has 0 saturated carbocycles. The molecular weight excluding hydrogens is 324 g/mol. The molecule has 1 aromatic heterocycles. The fourth-order valence-corrected chi connectivity index (χ4v) is 4.32. The Hall–Kier alpha value is -2.18. The molecule has 6 nitrogen and oxygen atoms in total. The van der Waals surface area contributed by atoms with Gasteiger partial charge in [0.25, 0.3) is 0 Å². The van der Waals surface area contributed by atoms with Crippen LogP contribution >= 0.6 is 0 Å². The van der Waals surface area contributed by atoms with Crippen LogP contribution in [0.4, 0.5) is 11.8 Å². The fraction of sp³-hybridized carbons (Fsp3) is 0.500. The highest BCUT2D eigenvalue weighted by Crippen LogP contribution is 2.32. The van der Waals surface area contributed by atoms with Crippen molar-refractivity contribution in [2.75, 3.05) is 36.9 Å². The van der Waals surface area contributed by atoms with Crippen LogP contribution < -0.4 is 21.1 Å². The Morgan fingerprint density at radius 2 is 2.04 bits per heavy atom. The number of hydrogen-bond donors (Lipinski definition) is 3. The van der Waals surface area contributed by atoms with Gasteiger partial charge in [-0.25, -0.2) is 4.98 Å². The number of rotatable bonds is 4. The number of nitrogens with zero attached hydrogens (tertiary/aromatic N) is 3. The van der Waals surface area contributed by atoms with Crippen molar-refractivity contribution in [1.82, 2.24) is 20.8 Å². The van der Waals surface area contributed by atoms with Crippen LogP contribution in [0.5, 0.6) is 0 Å². The van der Waals surface area contributed by atoms with Crippen LogP contribution in [0.2, 0.25) is 0 Å². The van der Waals surface area contributed by atoms with Crippen molar-refractivity contribution in [3.8, 4) is 0 Å². The van der Waals surface area contributed by atoms with Crippen LogP contribution in [0.1, 0.15) is 30.0 Å². The summed E-state index contributed by atoms with van der Waals surface area (Å²) in [4.78, 5) is 11.5. The molecule has 2 aliphatic heterocycles. The normalized spacial score (nSPS) is 26.1. The van der Waals surface area contributed by atoms with Crippen molar-refractivity contribution < 1.29 is 0 Å². The van der Waals surface area contributed by atoms with E-state index in [-0.39, 0.29) is 0 Å². The molecule has 6 heteroatoms. The summed E-state index contributed by atoms with van der Waals surface area (Å²) in [6.07, 6.45) is 2.45. The minimum absolute atomic E-state index is 0.451. The first-order chi connectivity index (χ1) is 12.7. The molecular formula is C20H28N6. The van der Waals surface area contributed by atoms with E-state index < -0.39 is 0 Å². The number of benzene rings is 1. The molecule has 2 saturated heterocycles. The second-order valence-electron chi connectivity index (χ2n) is 7.36. The second kappa shape index (κ2) is 7.60. The average molecular weight is 352 g/mol. The van der Waals surface area contributed by atoms with Crippen LogP contribution in [-0.2, 0) is 0 Å². The monoisotopic (exact) mass is 352 g/mol. The van der Waals surface area contributed by atoms with Gasteiger partial charge in [0, 0.05) is 50.4 Å². The molecule has 3 N–H and O–H groups in total. The van der Waals surface area contributed by atoms with Gasteiger partial charge in [-0.1, -0.05) is 30.3 Å². The molecule has 3 heterocycles. The van der Waals surface area contributed by atoms with E-state index in [0.29, 0.717) is 23.8 Å². The van der Waals surface area contributed by atoms with Gasteiger partial charge in [0.1, 0.15) is 5.82 Å². The summed E-state index contributed by atoms with van der Waals surface area (Å²) < 4.78 is 0. The van der Waals surface area contributed by atoms with E-state index in [2.05, 4.69) is 67.4 Å². The fourth-order valence-electron chi connectivity index (χ4n) is 4.32. The molecule has 2 aliphatic rings. The van der Waals surface area contributed by atoms with E-state index in [4.69, 9.17) is 0 Å². The second-order valence-corrected chi connectivity index (χ2v) is 7.36. The molecule has 0 radical (unpaired) electrons. The molecule has 26 heavy (non-hydrogen) atoms. The van der Waals surface area contributed by atoms with E-state index in [1.807, 2.05) is 14.0 Å². The summed E-state index contributed by atoms with van der Waals surface area (Å²) in [6.45, 7) is 5.11. The predicted octanol–water partition coefficient (Wildman–Crippen LogP) is 2.30. The molecule has 2 fully saturated rings. The lowest BCUT2D eigenvalue weighted by Crippen LogP contribution is -2.46. The lowest BCUT2D eigenvalue weighted by Gasteiger charge is -2.38. The molecule has 0 spiro atoms. The number of aromatic nitrogens is 2. The first kappa shape index (κ1) is 17.2. The molecule has 138 valence electrons. The Balaban J connectivity index is 1.52. The highest BCUT2D eigenvalue weighted by molar-refractivity contribution is 5.45. The molecule has 3 unspecified atom stereocenters. The topological polar surface area (TPSA) is 65.1 Å².